The number of nitrogens with zero attached hydrogens (tertiary/aromatic N) is 1. The van der Waals surface area contributed by atoms with E-state index in [0.717, 1.165) is 42.9 Å². The molecule has 156 valence electrons. The van der Waals surface area contributed by atoms with Crippen molar-refractivity contribution in [3.8, 4) is 0 Å². The van der Waals surface area contributed by atoms with Crippen molar-refractivity contribution in [2.75, 3.05) is 32.8 Å². The van der Waals surface area contributed by atoms with Crippen LogP contribution in [0.4, 0.5) is 8.78 Å². The fourth-order valence-corrected chi connectivity index (χ4v) is 3.65. The number of nitrogens with one attached hydrogen (secondary N) is 2. The topological polar surface area (TPSA) is 45.7 Å². The van der Waals surface area contributed by atoms with Crippen molar-refractivity contribution in [3.05, 3.63) is 71.3 Å². The highest BCUT2D eigenvalue weighted by molar-refractivity contribution is 5.79. The second-order valence-electron chi connectivity index (χ2n) is 7.40. The number of ether oxygens (including phenoxy) is 1. The minimum absolute atomic E-state index is 0.148. The minimum Gasteiger partial charge on any atom is -0.381 e. The van der Waals surface area contributed by atoms with Crippen LogP contribution in [0.3, 0.4) is 0 Å². The molecule has 0 atom stereocenters. The lowest BCUT2D eigenvalue weighted by atomic mass is 9.74. The van der Waals surface area contributed by atoms with Gasteiger partial charge in [0.25, 0.3) is 0 Å². The zero-order valence-corrected chi connectivity index (χ0v) is 16.9. The van der Waals surface area contributed by atoms with Crippen molar-refractivity contribution in [3.63, 3.8) is 0 Å². The number of guanidine groups is 1. The summed E-state index contributed by atoms with van der Waals surface area (Å²) in [6.45, 7) is 5.46. The molecule has 0 aliphatic carbocycles. The summed E-state index contributed by atoms with van der Waals surface area (Å²) in [6, 6.07) is 13.3. The lowest BCUT2D eigenvalue weighted by molar-refractivity contribution is 0.0531. The highest BCUT2D eigenvalue weighted by atomic mass is 19.1. The van der Waals surface area contributed by atoms with Gasteiger partial charge in [0.1, 0.15) is 11.6 Å². The Hall–Kier alpha value is -2.47. The largest absolute Gasteiger partial charge is 0.381 e. The lowest BCUT2D eigenvalue weighted by Crippen LogP contribution is -2.41. The molecule has 0 unspecified atom stereocenters. The van der Waals surface area contributed by atoms with Gasteiger partial charge >= 0.3 is 0 Å². The van der Waals surface area contributed by atoms with Crippen LogP contribution in [-0.4, -0.2) is 38.8 Å². The third-order valence-electron chi connectivity index (χ3n) is 5.41. The van der Waals surface area contributed by atoms with E-state index in [0.29, 0.717) is 26.3 Å². The fraction of sp³-hybridized carbons (Fsp3) is 0.435. The van der Waals surface area contributed by atoms with Crippen molar-refractivity contribution in [1.82, 2.24) is 10.6 Å². The second kappa shape index (κ2) is 10.3. The van der Waals surface area contributed by atoms with E-state index in [1.807, 2.05) is 19.1 Å². The van der Waals surface area contributed by atoms with Gasteiger partial charge in [-0.2, -0.15) is 0 Å². The molecule has 0 saturated carbocycles. The summed E-state index contributed by atoms with van der Waals surface area (Å²) in [5, 5.41) is 6.64. The molecule has 6 heteroatoms. The van der Waals surface area contributed by atoms with Crippen molar-refractivity contribution < 1.29 is 13.5 Å². The molecule has 4 nitrogen and oxygen atoms in total. The van der Waals surface area contributed by atoms with E-state index in [2.05, 4.69) is 10.6 Å². The molecule has 2 N–H and O–H groups in total. The molecule has 1 aliphatic heterocycles. The van der Waals surface area contributed by atoms with E-state index in [9.17, 15) is 8.78 Å². The lowest BCUT2D eigenvalue weighted by Gasteiger charge is -2.36. The monoisotopic (exact) mass is 401 g/mol. The van der Waals surface area contributed by atoms with Crippen molar-refractivity contribution in [2.45, 2.75) is 31.6 Å². The standard InChI is InChI=1S/C23H29F2N3O/c1-2-26-22(27-14-11-18-3-7-20(24)8-4-18)28-17-23(12-15-29-16-13-23)19-5-9-21(25)10-6-19/h3-10H,2,11-17H2,1H3,(H2,26,27,28). The average Bonchev–Trinajstić information content (AvgIpc) is 2.74. The predicted octanol–water partition coefficient (Wildman–Crippen LogP) is 3.81. The molecule has 1 saturated heterocycles. The maximum Gasteiger partial charge on any atom is 0.191 e. The van der Waals surface area contributed by atoms with Gasteiger partial charge in [0.15, 0.2) is 5.96 Å². The summed E-state index contributed by atoms with van der Waals surface area (Å²) in [4.78, 5) is 4.84. The third-order valence-corrected chi connectivity index (χ3v) is 5.41. The van der Waals surface area contributed by atoms with Crippen LogP contribution >= 0.6 is 0 Å². The number of aliphatic imine (C=N–C) groups is 1. The molecular formula is C23H29F2N3O. The Labute approximate surface area is 171 Å². The summed E-state index contributed by atoms with van der Waals surface area (Å²) in [5.41, 5.74) is 2.03. The van der Waals surface area contributed by atoms with Crippen LogP contribution < -0.4 is 10.6 Å². The van der Waals surface area contributed by atoms with Gasteiger partial charge in [-0.15, -0.1) is 0 Å². The van der Waals surface area contributed by atoms with E-state index in [1.54, 1.807) is 12.1 Å². The molecule has 3 rings (SSSR count). The molecule has 2 aromatic rings. The first kappa shape index (κ1) is 21.2. The van der Waals surface area contributed by atoms with E-state index >= 15 is 0 Å². The fourth-order valence-electron chi connectivity index (χ4n) is 3.65. The number of hydrogen-bond acceptors (Lipinski definition) is 2. The Balaban J connectivity index is 1.67. The number of halogens is 2. The summed E-state index contributed by atoms with van der Waals surface area (Å²) in [5.74, 6) is 0.303. The maximum absolute atomic E-state index is 13.4. The van der Waals surface area contributed by atoms with Gasteiger partial charge in [-0.3, -0.25) is 4.99 Å². The smallest absolute Gasteiger partial charge is 0.191 e. The first-order chi connectivity index (χ1) is 14.1. The van der Waals surface area contributed by atoms with Gasteiger partial charge in [-0.25, -0.2) is 8.78 Å². The van der Waals surface area contributed by atoms with Crippen LogP contribution in [0.15, 0.2) is 53.5 Å². The van der Waals surface area contributed by atoms with E-state index in [4.69, 9.17) is 9.73 Å². The van der Waals surface area contributed by atoms with E-state index < -0.39 is 0 Å². The second-order valence-corrected chi connectivity index (χ2v) is 7.40. The Kier molecular flexibility index (Phi) is 7.58. The van der Waals surface area contributed by atoms with Crippen molar-refractivity contribution in [2.24, 2.45) is 4.99 Å². The Bertz CT molecular complexity index is 785. The summed E-state index contributed by atoms with van der Waals surface area (Å²) < 4.78 is 32.0. The zero-order valence-electron chi connectivity index (χ0n) is 16.9. The summed E-state index contributed by atoms with van der Waals surface area (Å²) >= 11 is 0. The predicted molar refractivity (Wildman–Crippen MR) is 112 cm³/mol. The molecular weight excluding hydrogens is 372 g/mol. The zero-order chi connectivity index (χ0) is 20.5. The molecule has 0 radical (unpaired) electrons. The Morgan fingerprint density at radius 3 is 2.21 bits per heavy atom. The molecule has 1 fully saturated rings. The number of hydrogen-bond donors (Lipinski definition) is 2. The third kappa shape index (κ3) is 6.00. The van der Waals surface area contributed by atoms with E-state index in [1.165, 1.54) is 24.3 Å². The first-order valence-electron chi connectivity index (χ1n) is 10.2. The Morgan fingerprint density at radius 1 is 0.966 bits per heavy atom. The molecule has 2 aromatic carbocycles. The molecule has 29 heavy (non-hydrogen) atoms. The highest BCUT2D eigenvalue weighted by Gasteiger charge is 2.34. The molecule has 1 aliphatic rings. The van der Waals surface area contributed by atoms with Gasteiger partial charge in [0, 0.05) is 31.7 Å². The van der Waals surface area contributed by atoms with Gasteiger partial charge in [0.05, 0.1) is 6.54 Å². The molecule has 0 spiro atoms. The minimum atomic E-state index is -0.227. The van der Waals surface area contributed by atoms with Crippen molar-refractivity contribution in [1.29, 1.82) is 0 Å². The molecule has 0 aromatic heterocycles. The van der Waals surface area contributed by atoms with Gasteiger partial charge in [-0.05, 0) is 61.6 Å². The first-order valence-corrected chi connectivity index (χ1v) is 10.2. The number of rotatable bonds is 7. The highest BCUT2D eigenvalue weighted by Crippen LogP contribution is 2.35. The molecule has 1 heterocycles. The van der Waals surface area contributed by atoms with Crippen LogP contribution in [-0.2, 0) is 16.6 Å². The van der Waals surface area contributed by atoms with E-state index in [-0.39, 0.29) is 17.0 Å². The number of benzene rings is 2. The Morgan fingerprint density at radius 2 is 1.59 bits per heavy atom. The maximum atomic E-state index is 13.4. The van der Waals surface area contributed by atoms with Crippen LogP contribution in [0, 0.1) is 11.6 Å². The van der Waals surface area contributed by atoms with Gasteiger partial charge in [-0.1, -0.05) is 24.3 Å². The average molecular weight is 402 g/mol. The van der Waals surface area contributed by atoms with Crippen LogP contribution in [0.1, 0.15) is 30.9 Å². The summed E-state index contributed by atoms with van der Waals surface area (Å²) in [6.07, 6.45) is 2.50. The van der Waals surface area contributed by atoms with Crippen LogP contribution in [0.2, 0.25) is 0 Å². The van der Waals surface area contributed by atoms with Crippen LogP contribution in [0.25, 0.3) is 0 Å². The normalized spacial score (nSPS) is 16.4. The van der Waals surface area contributed by atoms with Gasteiger partial charge < -0.3 is 15.4 Å². The summed E-state index contributed by atoms with van der Waals surface area (Å²) in [7, 11) is 0. The molecule has 0 bridgehead atoms. The molecule has 0 amide bonds. The quantitative estimate of drug-likeness (QED) is 0.548. The van der Waals surface area contributed by atoms with Gasteiger partial charge in [0.2, 0.25) is 0 Å². The van der Waals surface area contributed by atoms with Crippen LogP contribution in [0.5, 0.6) is 0 Å². The van der Waals surface area contributed by atoms with Crippen molar-refractivity contribution >= 4 is 5.96 Å². The SMILES string of the molecule is CCNC(=NCC1(c2ccc(F)cc2)CCOCC1)NCCc1ccc(F)cc1.